The molecule has 28 heavy (non-hydrogen) atoms. The van der Waals surface area contributed by atoms with Crippen LogP contribution in [0.15, 0.2) is 27.7 Å². The molecular weight excluding hydrogens is 487 g/mol. The highest BCUT2D eigenvalue weighted by Crippen LogP contribution is 2.42. The molecule has 0 aliphatic carbocycles. The van der Waals surface area contributed by atoms with Crippen LogP contribution in [0.5, 0.6) is 16.6 Å². The van der Waals surface area contributed by atoms with Crippen molar-refractivity contribution >= 4 is 61.4 Å². The van der Waals surface area contributed by atoms with Crippen LogP contribution < -0.4 is 15.2 Å². The van der Waals surface area contributed by atoms with E-state index in [-0.39, 0.29) is 26.4 Å². The van der Waals surface area contributed by atoms with E-state index < -0.39 is 23.3 Å². The van der Waals surface area contributed by atoms with Crippen molar-refractivity contribution in [2.45, 2.75) is 6.36 Å². The van der Waals surface area contributed by atoms with Crippen LogP contribution in [0.25, 0.3) is 6.08 Å². The number of carbonyl (C=O) groups is 2. The summed E-state index contributed by atoms with van der Waals surface area (Å²) in [6.45, 7) is 0. The molecule has 0 atom stereocenters. The van der Waals surface area contributed by atoms with Gasteiger partial charge in [-0.25, -0.2) is 4.98 Å². The van der Waals surface area contributed by atoms with Crippen LogP contribution in [-0.2, 0) is 4.79 Å². The number of likely N-dealkylation sites (N-methyl/N-ethyl adjacent to an activating group) is 1. The van der Waals surface area contributed by atoms with Crippen molar-refractivity contribution in [1.82, 2.24) is 9.88 Å². The summed E-state index contributed by atoms with van der Waals surface area (Å²) >= 11 is 4.83. The minimum atomic E-state index is -4.98. The first-order chi connectivity index (χ1) is 13.0. The van der Waals surface area contributed by atoms with Gasteiger partial charge in [0.1, 0.15) is 0 Å². The van der Waals surface area contributed by atoms with Crippen LogP contribution in [0.1, 0.15) is 5.56 Å². The highest BCUT2D eigenvalue weighted by molar-refractivity contribution is 9.10. The van der Waals surface area contributed by atoms with Crippen molar-refractivity contribution in [3.63, 3.8) is 0 Å². The Bertz CT molecular complexity index is 993. The fraction of sp³-hybridized carbons (Fsp3) is 0.133. The number of alkyl halides is 3. The second-order valence-corrected chi connectivity index (χ2v) is 8.10. The number of rotatable bonds is 4. The Morgan fingerprint density at radius 3 is 2.54 bits per heavy atom. The van der Waals surface area contributed by atoms with E-state index in [1.807, 2.05) is 0 Å². The fourth-order valence-corrected chi connectivity index (χ4v) is 3.86. The Kier molecular flexibility index (Phi) is 5.59. The first-order valence-electron chi connectivity index (χ1n) is 7.23. The molecule has 1 aromatic carbocycles. The number of nitrogens with two attached hydrogens (primary N) is 1. The highest BCUT2D eigenvalue weighted by atomic mass is 79.9. The number of thiazole rings is 1. The highest BCUT2D eigenvalue weighted by Gasteiger charge is 2.34. The number of carbonyl (C=O) groups excluding carboxylic acids is 2. The molecule has 1 saturated heterocycles. The lowest BCUT2D eigenvalue weighted by molar-refractivity contribution is -0.275. The third-order valence-electron chi connectivity index (χ3n) is 3.27. The largest absolute Gasteiger partial charge is 0.573 e. The summed E-state index contributed by atoms with van der Waals surface area (Å²) in [4.78, 5) is 28.3. The molecule has 1 aromatic heterocycles. The van der Waals surface area contributed by atoms with Gasteiger partial charge in [-0.2, -0.15) is 0 Å². The number of halogens is 4. The molecule has 0 radical (unpaired) electrons. The molecule has 0 saturated carbocycles. The van der Waals surface area contributed by atoms with Crippen molar-refractivity contribution < 1.29 is 32.2 Å². The van der Waals surface area contributed by atoms with Gasteiger partial charge in [0.05, 0.1) is 11.1 Å². The topological polar surface area (TPSA) is 94.8 Å². The van der Waals surface area contributed by atoms with Crippen molar-refractivity contribution in [3.05, 3.63) is 33.3 Å². The number of ether oxygens (including phenoxy) is 2. The van der Waals surface area contributed by atoms with Crippen LogP contribution in [0.3, 0.4) is 0 Å². The Morgan fingerprint density at radius 1 is 1.29 bits per heavy atom. The number of hydrogen-bond donors (Lipinski definition) is 1. The zero-order valence-electron chi connectivity index (χ0n) is 13.7. The zero-order valence-corrected chi connectivity index (χ0v) is 17.0. The summed E-state index contributed by atoms with van der Waals surface area (Å²) in [7, 11) is 1.31. The quantitative estimate of drug-likeness (QED) is 0.606. The van der Waals surface area contributed by atoms with Crippen molar-refractivity contribution in [2.24, 2.45) is 0 Å². The SMILES string of the molecule is CN1C(=O)S/C(=C\c2cc(OC(F)(F)F)c(Oc3cnc(N)s3)cc2Br)C1=O. The number of aromatic nitrogens is 1. The number of imide groups is 1. The molecule has 3 rings (SSSR count). The molecular formula is C15H9BrF3N3O4S2. The van der Waals surface area contributed by atoms with E-state index in [2.05, 4.69) is 25.7 Å². The summed E-state index contributed by atoms with van der Waals surface area (Å²) in [5.74, 6) is -1.43. The Balaban J connectivity index is 2.02. The minimum Gasteiger partial charge on any atom is -0.441 e. The van der Waals surface area contributed by atoms with Crippen LogP contribution in [0.2, 0.25) is 0 Å². The van der Waals surface area contributed by atoms with E-state index in [0.717, 1.165) is 22.3 Å². The second-order valence-electron chi connectivity index (χ2n) is 5.23. The molecule has 2 heterocycles. The van der Waals surface area contributed by atoms with E-state index in [1.165, 1.54) is 25.4 Å². The van der Waals surface area contributed by atoms with E-state index in [9.17, 15) is 22.8 Å². The van der Waals surface area contributed by atoms with Gasteiger partial charge in [0.15, 0.2) is 16.6 Å². The summed E-state index contributed by atoms with van der Waals surface area (Å²) in [5, 5.41) is -0.141. The Morgan fingerprint density at radius 2 is 2.00 bits per heavy atom. The molecule has 0 spiro atoms. The number of anilines is 1. The second kappa shape index (κ2) is 7.64. The lowest BCUT2D eigenvalue weighted by Crippen LogP contribution is -2.22. The molecule has 0 bridgehead atoms. The van der Waals surface area contributed by atoms with Crippen molar-refractivity contribution in [1.29, 1.82) is 0 Å². The van der Waals surface area contributed by atoms with Gasteiger partial charge in [0.25, 0.3) is 11.1 Å². The molecule has 2 amide bonds. The molecule has 13 heteroatoms. The Hall–Kier alpha value is -2.25. The summed E-state index contributed by atoms with van der Waals surface area (Å²) in [6, 6.07) is 2.29. The smallest absolute Gasteiger partial charge is 0.441 e. The van der Waals surface area contributed by atoms with Gasteiger partial charge in [-0.05, 0) is 35.5 Å². The number of benzene rings is 1. The average Bonchev–Trinajstić information content (AvgIpc) is 3.09. The lowest BCUT2D eigenvalue weighted by Gasteiger charge is -2.15. The third kappa shape index (κ3) is 4.59. The molecule has 0 unspecified atom stereocenters. The molecule has 7 nitrogen and oxygen atoms in total. The lowest BCUT2D eigenvalue weighted by atomic mass is 10.2. The van der Waals surface area contributed by atoms with Gasteiger partial charge in [0, 0.05) is 11.5 Å². The number of nitrogen functional groups attached to an aromatic ring is 1. The van der Waals surface area contributed by atoms with Crippen molar-refractivity contribution in [2.75, 3.05) is 12.8 Å². The molecule has 148 valence electrons. The van der Waals surface area contributed by atoms with Gasteiger partial charge < -0.3 is 15.2 Å². The summed E-state index contributed by atoms with van der Waals surface area (Å²) in [6.07, 6.45) is -2.43. The molecule has 2 aromatic rings. The van der Waals surface area contributed by atoms with E-state index in [1.54, 1.807) is 0 Å². The monoisotopic (exact) mass is 495 g/mol. The van der Waals surface area contributed by atoms with Gasteiger partial charge in [-0.1, -0.05) is 27.3 Å². The van der Waals surface area contributed by atoms with E-state index >= 15 is 0 Å². The zero-order chi connectivity index (χ0) is 20.6. The normalized spacial score (nSPS) is 16.2. The predicted molar refractivity (Wildman–Crippen MR) is 101 cm³/mol. The third-order valence-corrected chi connectivity index (χ3v) is 5.63. The molecule has 1 fully saturated rings. The van der Waals surface area contributed by atoms with Crippen LogP contribution in [-0.4, -0.2) is 34.4 Å². The standard InChI is InChI=1S/C15H9BrF3N3O4S2/c1-22-12(23)10(27-14(22)24)3-6-2-9(26-15(17,18)19)8(4-7(6)16)25-11-5-21-13(20)28-11/h2-5H,1H3,(H2,20,21)/b10-3-. The summed E-state index contributed by atoms with van der Waals surface area (Å²) < 4.78 is 48.2. The molecule has 2 N–H and O–H groups in total. The van der Waals surface area contributed by atoms with Gasteiger partial charge in [-0.15, -0.1) is 13.2 Å². The van der Waals surface area contributed by atoms with Gasteiger partial charge in [-0.3, -0.25) is 14.5 Å². The van der Waals surface area contributed by atoms with Crippen LogP contribution in [0, 0.1) is 0 Å². The fourth-order valence-electron chi connectivity index (χ4n) is 2.06. The molecule has 1 aliphatic heterocycles. The maximum Gasteiger partial charge on any atom is 0.573 e. The number of thioether (sulfide) groups is 1. The minimum absolute atomic E-state index is 0.0649. The predicted octanol–water partition coefficient (Wildman–Crippen LogP) is 4.84. The molecule has 1 aliphatic rings. The van der Waals surface area contributed by atoms with Crippen LogP contribution >= 0.6 is 39.0 Å². The maximum absolute atomic E-state index is 12.8. The van der Waals surface area contributed by atoms with Crippen molar-refractivity contribution in [3.8, 4) is 16.6 Å². The van der Waals surface area contributed by atoms with Crippen LogP contribution in [0.4, 0.5) is 23.1 Å². The number of nitrogens with zero attached hydrogens (tertiary/aromatic N) is 2. The van der Waals surface area contributed by atoms with Gasteiger partial charge in [0.2, 0.25) is 5.06 Å². The average molecular weight is 496 g/mol. The van der Waals surface area contributed by atoms with Gasteiger partial charge >= 0.3 is 6.36 Å². The van der Waals surface area contributed by atoms with E-state index in [4.69, 9.17) is 10.5 Å². The first kappa shape index (κ1) is 20.5. The summed E-state index contributed by atoms with van der Waals surface area (Å²) in [5.41, 5.74) is 5.68. The number of hydrogen-bond acceptors (Lipinski definition) is 8. The Labute approximate surface area is 172 Å². The first-order valence-corrected chi connectivity index (χ1v) is 9.66. The van der Waals surface area contributed by atoms with E-state index in [0.29, 0.717) is 16.2 Å². The maximum atomic E-state index is 12.8. The number of amides is 2.